The fourth-order valence-electron chi connectivity index (χ4n) is 3.19. The number of nitro benzene ring substituents is 1. The lowest BCUT2D eigenvalue weighted by molar-refractivity contribution is -0.384. The Morgan fingerprint density at radius 3 is 2.28 bits per heavy atom. The molecule has 0 aromatic heterocycles. The topological polar surface area (TPSA) is 98.5 Å². The first-order valence-corrected chi connectivity index (χ1v) is 9.56. The highest BCUT2D eigenvalue weighted by atomic mass is 16.6. The van der Waals surface area contributed by atoms with Crippen LogP contribution in [0, 0.1) is 10.1 Å². The van der Waals surface area contributed by atoms with E-state index in [0.29, 0.717) is 11.1 Å². The summed E-state index contributed by atoms with van der Waals surface area (Å²) in [6.45, 7) is 0. The van der Waals surface area contributed by atoms with E-state index in [1.165, 1.54) is 30.3 Å². The molecule has 0 bridgehead atoms. The van der Waals surface area contributed by atoms with Gasteiger partial charge in [-0.15, -0.1) is 0 Å². The maximum Gasteiger partial charge on any atom is 0.355 e. The zero-order chi connectivity index (χ0) is 20.6. The highest BCUT2D eigenvalue weighted by molar-refractivity contribution is 6.03. The summed E-state index contributed by atoms with van der Waals surface area (Å²) in [7, 11) is 0. The van der Waals surface area contributed by atoms with Crippen LogP contribution in [0.5, 0.6) is 0 Å². The molecule has 3 rings (SSSR count). The average Bonchev–Trinajstić information content (AvgIpc) is 2.75. The second-order valence-corrected chi connectivity index (χ2v) is 6.89. The number of carbonyl (C=O) groups excluding carboxylic acids is 2. The van der Waals surface area contributed by atoms with Gasteiger partial charge in [-0.25, -0.2) is 4.79 Å². The predicted octanol–water partition coefficient (Wildman–Crippen LogP) is 4.24. The lowest BCUT2D eigenvalue weighted by Gasteiger charge is -2.22. The van der Waals surface area contributed by atoms with Gasteiger partial charge < -0.3 is 10.1 Å². The minimum atomic E-state index is -0.612. The summed E-state index contributed by atoms with van der Waals surface area (Å²) in [4.78, 5) is 35.6. The normalized spacial score (nSPS) is 14.8. The van der Waals surface area contributed by atoms with Crippen molar-refractivity contribution in [2.45, 2.75) is 38.2 Å². The van der Waals surface area contributed by atoms with Crippen LogP contribution in [-0.4, -0.2) is 22.9 Å². The molecule has 0 radical (unpaired) electrons. The number of ether oxygens (including phenoxy) is 1. The summed E-state index contributed by atoms with van der Waals surface area (Å²) in [6.07, 6.45) is 6.07. The van der Waals surface area contributed by atoms with Crippen molar-refractivity contribution in [3.8, 4) is 0 Å². The molecular formula is C22H22N2O5. The summed E-state index contributed by atoms with van der Waals surface area (Å²) < 4.78 is 5.59. The lowest BCUT2D eigenvalue weighted by atomic mass is 9.98. The number of rotatable bonds is 6. The molecule has 7 nitrogen and oxygen atoms in total. The molecular weight excluding hydrogens is 372 g/mol. The van der Waals surface area contributed by atoms with E-state index in [-0.39, 0.29) is 17.5 Å². The molecule has 0 unspecified atom stereocenters. The van der Waals surface area contributed by atoms with Crippen LogP contribution in [0.3, 0.4) is 0 Å². The van der Waals surface area contributed by atoms with E-state index >= 15 is 0 Å². The smallest absolute Gasteiger partial charge is 0.355 e. The zero-order valence-electron chi connectivity index (χ0n) is 15.9. The summed E-state index contributed by atoms with van der Waals surface area (Å²) >= 11 is 0. The number of amides is 1. The Morgan fingerprint density at radius 1 is 1.00 bits per heavy atom. The van der Waals surface area contributed by atoms with Crippen molar-refractivity contribution in [2.75, 3.05) is 0 Å². The molecule has 7 heteroatoms. The monoisotopic (exact) mass is 394 g/mol. The van der Waals surface area contributed by atoms with Crippen molar-refractivity contribution < 1.29 is 19.2 Å². The second kappa shape index (κ2) is 9.64. The van der Waals surface area contributed by atoms with E-state index in [1.807, 2.05) is 0 Å². The third kappa shape index (κ3) is 5.75. The van der Waals surface area contributed by atoms with Gasteiger partial charge in [0.15, 0.2) is 0 Å². The van der Waals surface area contributed by atoms with Crippen molar-refractivity contribution in [3.05, 3.63) is 81.5 Å². The average molecular weight is 394 g/mol. The van der Waals surface area contributed by atoms with Gasteiger partial charge in [0.2, 0.25) is 0 Å². The quantitative estimate of drug-likeness (QED) is 0.342. The first kappa shape index (κ1) is 20.3. The van der Waals surface area contributed by atoms with Gasteiger partial charge in [0.1, 0.15) is 11.8 Å². The Hall–Kier alpha value is -3.48. The number of non-ortho nitro benzene ring substituents is 1. The molecule has 150 valence electrons. The van der Waals surface area contributed by atoms with Gasteiger partial charge in [-0.05, 0) is 61.6 Å². The number of nitrogens with zero attached hydrogens (tertiary/aromatic N) is 1. The molecule has 0 aliphatic heterocycles. The van der Waals surface area contributed by atoms with Crippen molar-refractivity contribution in [1.29, 1.82) is 0 Å². The minimum Gasteiger partial charge on any atom is -0.458 e. The summed E-state index contributed by atoms with van der Waals surface area (Å²) in [5.41, 5.74) is 0.896. The molecule has 29 heavy (non-hydrogen) atoms. The van der Waals surface area contributed by atoms with Crippen molar-refractivity contribution in [3.63, 3.8) is 0 Å². The second-order valence-electron chi connectivity index (χ2n) is 6.89. The highest BCUT2D eigenvalue weighted by Gasteiger charge is 2.22. The van der Waals surface area contributed by atoms with Crippen LogP contribution in [0.4, 0.5) is 5.69 Å². The molecule has 2 aromatic rings. The first-order chi connectivity index (χ1) is 14.0. The largest absolute Gasteiger partial charge is 0.458 e. The fraction of sp³-hybridized carbons (Fsp3) is 0.273. The predicted molar refractivity (Wildman–Crippen MR) is 108 cm³/mol. The van der Waals surface area contributed by atoms with Gasteiger partial charge in [0.25, 0.3) is 11.6 Å². The van der Waals surface area contributed by atoms with E-state index in [1.54, 1.807) is 30.3 Å². The Bertz CT molecular complexity index is 901. The Morgan fingerprint density at radius 2 is 1.66 bits per heavy atom. The Kier molecular flexibility index (Phi) is 6.73. The Balaban J connectivity index is 1.82. The molecule has 0 saturated heterocycles. The molecule has 0 atom stereocenters. The van der Waals surface area contributed by atoms with Gasteiger partial charge in [-0.3, -0.25) is 14.9 Å². The third-order valence-electron chi connectivity index (χ3n) is 4.74. The van der Waals surface area contributed by atoms with Crippen LogP contribution in [0.1, 0.15) is 48.0 Å². The zero-order valence-corrected chi connectivity index (χ0v) is 15.9. The van der Waals surface area contributed by atoms with Crippen molar-refractivity contribution >= 4 is 23.6 Å². The highest BCUT2D eigenvalue weighted by Crippen LogP contribution is 2.22. The number of nitro groups is 1. The number of benzene rings is 2. The van der Waals surface area contributed by atoms with Crippen LogP contribution in [0.15, 0.2) is 60.3 Å². The van der Waals surface area contributed by atoms with Crippen LogP contribution < -0.4 is 5.32 Å². The molecule has 0 heterocycles. The van der Waals surface area contributed by atoms with Gasteiger partial charge in [-0.2, -0.15) is 0 Å². The number of esters is 1. The third-order valence-corrected chi connectivity index (χ3v) is 4.74. The van der Waals surface area contributed by atoms with Crippen LogP contribution in [0.25, 0.3) is 6.08 Å². The molecule has 0 spiro atoms. The summed E-state index contributed by atoms with van der Waals surface area (Å²) in [6, 6.07) is 14.3. The summed E-state index contributed by atoms with van der Waals surface area (Å²) in [5.74, 6) is -1.04. The van der Waals surface area contributed by atoms with Gasteiger partial charge in [-0.1, -0.05) is 24.6 Å². The molecule has 1 fully saturated rings. The minimum absolute atomic E-state index is 0.00159. The maximum atomic E-state index is 12.7. The molecule has 2 aromatic carbocycles. The number of nitrogens with one attached hydrogen (secondary N) is 1. The maximum absolute atomic E-state index is 12.7. The number of hydrogen-bond acceptors (Lipinski definition) is 5. The van der Waals surface area contributed by atoms with Gasteiger partial charge in [0.05, 0.1) is 4.92 Å². The van der Waals surface area contributed by atoms with Crippen molar-refractivity contribution in [1.82, 2.24) is 5.32 Å². The lowest BCUT2D eigenvalue weighted by Crippen LogP contribution is -2.31. The number of hydrogen-bond donors (Lipinski definition) is 1. The molecule has 1 saturated carbocycles. The standard InChI is InChI=1S/C22H22N2O5/c25-21(17-7-3-1-4-8-17)23-20(22(26)29-19-9-5-2-6-10-19)15-16-11-13-18(14-12-16)24(27)28/h1,3-4,7-8,11-15,19H,2,5-6,9-10H2,(H,23,25)/b20-15+. The van der Waals surface area contributed by atoms with Gasteiger partial charge in [0, 0.05) is 17.7 Å². The Labute approximate surface area is 168 Å². The SMILES string of the molecule is O=C(OC1CCCCC1)/C(=C\c1ccc([N+](=O)[O-])cc1)NC(=O)c1ccccc1. The van der Waals surface area contributed by atoms with Crippen molar-refractivity contribution in [2.24, 2.45) is 0 Å². The van der Waals surface area contributed by atoms with E-state index in [9.17, 15) is 19.7 Å². The van der Waals surface area contributed by atoms with Crippen LogP contribution in [-0.2, 0) is 9.53 Å². The van der Waals surface area contributed by atoms with Crippen LogP contribution in [0.2, 0.25) is 0 Å². The molecule has 1 N–H and O–H groups in total. The molecule has 1 aliphatic rings. The van der Waals surface area contributed by atoms with E-state index in [0.717, 1.165) is 32.1 Å². The number of carbonyl (C=O) groups is 2. The first-order valence-electron chi connectivity index (χ1n) is 9.56. The summed E-state index contributed by atoms with van der Waals surface area (Å²) in [5, 5.41) is 13.4. The molecule has 1 amide bonds. The fourth-order valence-corrected chi connectivity index (χ4v) is 3.19. The van der Waals surface area contributed by atoms with E-state index < -0.39 is 16.8 Å². The van der Waals surface area contributed by atoms with Gasteiger partial charge >= 0.3 is 5.97 Å². The van der Waals surface area contributed by atoms with Crippen LogP contribution >= 0.6 is 0 Å². The molecule has 1 aliphatic carbocycles. The van der Waals surface area contributed by atoms with E-state index in [2.05, 4.69) is 5.32 Å². The van der Waals surface area contributed by atoms with E-state index in [4.69, 9.17) is 4.74 Å².